The molecule has 1 aliphatic carbocycles. The second-order valence-electron chi connectivity index (χ2n) is 9.23. The summed E-state index contributed by atoms with van der Waals surface area (Å²) < 4.78 is 5.32. The van der Waals surface area contributed by atoms with Crippen LogP contribution < -0.4 is 5.32 Å². The normalized spacial score (nSPS) is 30.5. The van der Waals surface area contributed by atoms with E-state index in [1.165, 1.54) is 12.8 Å². The Morgan fingerprint density at radius 3 is 2.29 bits per heavy atom. The van der Waals surface area contributed by atoms with Gasteiger partial charge >= 0.3 is 12.1 Å². The van der Waals surface area contributed by atoms with Gasteiger partial charge in [-0.3, -0.25) is 0 Å². The van der Waals surface area contributed by atoms with E-state index in [1.54, 1.807) is 0 Å². The molecule has 28 heavy (non-hydrogen) atoms. The number of carbonyl (C=O) groups excluding carboxylic acids is 2. The number of amides is 3. The summed E-state index contributed by atoms with van der Waals surface area (Å²) in [6, 6.07) is 1.93. The third-order valence-electron chi connectivity index (χ3n) is 7.10. The van der Waals surface area contributed by atoms with Crippen molar-refractivity contribution >= 4 is 12.1 Å². The van der Waals surface area contributed by atoms with E-state index in [4.69, 9.17) is 4.74 Å². The van der Waals surface area contributed by atoms with Gasteiger partial charge in [0.1, 0.15) is 0 Å². The Morgan fingerprint density at radius 1 is 0.964 bits per heavy atom. The highest BCUT2D eigenvalue weighted by atomic mass is 16.6. The molecule has 3 amide bonds. The van der Waals surface area contributed by atoms with Crippen molar-refractivity contribution in [2.45, 2.75) is 95.5 Å². The summed E-state index contributed by atoms with van der Waals surface area (Å²) in [5, 5.41) is 3.23. The van der Waals surface area contributed by atoms with Gasteiger partial charge in [-0.15, -0.1) is 0 Å². The monoisotopic (exact) mass is 392 g/mol. The number of hydrogen-bond acceptors (Lipinski definition) is 4. The molecule has 4 fully saturated rings. The molecule has 3 saturated heterocycles. The fourth-order valence-electron chi connectivity index (χ4n) is 5.65. The molecule has 0 unspecified atom stereocenters. The Labute approximate surface area is 168 Å². The fraction of sp³-hybridized carbons (Fsp3) is 0.905. The molecule has 4 rings (SSSR count). The first-order valence-electron chi connectivity index (χ1n) is 11.3. The van der Waals surface area contributed by atoms with Gasteiger partial charge in [0.25, 0.3) is 0 Å². The largest absolute Gasteiger partial charge is 0.447 e. The van der Waals surface area contributed by atoms with E-state index in [0.29, 0.717) is 24.2 Å². The Bertz CT molecular complexity index is 568. The molecule has 0 spiro atoms. The van der Waals surface area contributed by atoms with Crippen LogP contribution >= 0.6 is 0 Å². The molecule has 3 aliphatic heterocycles. The lowest BCUT2D eigenvalue weighted by Crippen LogP contribution is -2.53. The van der Waals surface area contributed by atoms with Crippen molar-refractivity contribution in [3.8, 4) is 0 Å². The zero-order chi connectivity index (χ0) is 19.7. The number of urea groups is 1. The van der Waals surface area contributed by atoms with Crippen LogP contribution in [0.3, 0.4) is 0 Å². The number of nitrogens with one attached hydrogen (secondary N) is 1. The third-order valence-corrected chi connectivity index (χ3v) is 7.10. The van der Waals surface area contributed by atoms with E-state index < -0.39 is 0 Å². The summed E-state index contributed by atoms with van der Waals surface area (Å²) in [6.45, 7) is 7.48. The molecular weight excluding hydrogens is 356 g/mol. The van der Waals surface area contributed by atoms with Crippen molar-refractivity contribution in [2.24, 2.45) is 0 Å². The SMILES string of the molecule is CC(C)OC(=O)N1CCC(N2CCC(N3C(=O)N[C@H]4CCCC[C@H]43)CC2)CC1. The summed E-state index contributed by atoms with van der Waals surface area (Å²) in [5.41, 5.74) is 0. The molecule has 0 aromatic heterocycles. The van der Waals surface area contributed by atoms with Gasteiger partial charge in [0, 0.05) is 38.3 Å². The van der Waals surface area contributed by atoms with Crippen LogP contribution in [0.4, 0.5) is 9.59 Å². The van der Waals surface area contributed by atoms with Crippen LogP contribution in [0.2, 0.25) is 0 Å². The summed E-state index contributed by atoms with van der Waals surface area (Å²) in [6.07, 6.45) is 8.77. The van der Waals surface area contributed by atoms with Gasteiger partial charge in [-0.1, -0.05) is 12.8 Å². The molecule has 1 N–H and O–H groups in total. The van der Waals surface area contributed by atoms with Crippen molar-refractivity contribution in [2.75, 3.05) is 26.2 Å². The molecule has 0 aromatic carbocycles. The average molecular weight is 393 g/mol. The zero-order valence-corrected chi connectivity index (χ0v) is 17.4. The Morgan fingerprint density at radius 2 is 1.61 bits per heavy atom. The maximum Gasteiger partial charge on any atom is 0.410 e. The van der Waals surface area contributed by atoms with Crippen LogP contribution in [0.1, 0.15) is 65.2 Å². The van der Waals surface area contributed by atoms with E-state index in [2.05, 4.69) is 15.1 Å². The lowest BCUT2D eigenvalue weighted by Gasteiger charge is -2.44. The number of carbonyl (C=O) groups is 2. The summed E-state index contributed by atoms with van der Waals surface area (Å²) in [4.78, 5) is 31.3. The molecule has 0 bridgehead atoms. The molecule has 2 atom stereocenters. The van der Waals surface area contributed by atoms with E-state index in [0.717, 1.165) is 64.7 Å². The Hall–Kier alpha value is -1.50. The number of hydrogen-bond donors (Lipinski definition) is 1. The first-order chi connectivity index (χ1) is 13.5. The predicted octanol–water partition coefficient (Wildman–Crippen LogP) is 2.80. The van der Waals surface area contributed by atoms with Crippen molar-refractivity contribution in [3.05, 3.63) is 0 Å². The van der Waals surface area contributed by atoms with Crippen molar-refractivity contribution in [1.82, 2.24) is 20.0 Å². The van der Waals surface area contributed by atoms with Crippen LogP contribution in [0.15, 0.2) is 0 Å². The van der Waals surface area contributed by atoms with Crippen molar-refractivity contribution in [1.29, 1.82) is 0 Å². The first-order valence-corrected chi connectivity index (χ1v) is 11.3. The topological polar surface area (TPSA) is 65.1 Å². The standard InChI is InChI=1S/C21H36N4O3/c1-15(2)28-21(27)24-13-7-16(8-14-24)23-11-9-17(10-12-23)25-19-6-4-3-5-18(19)22-20(25)26/h15-19H,3-14H2,1-2H3,(H,22,26)/t18-,19+/m0/s1. The molecule has 158 valence electrons. The van der Waals surface area contributed by atoms with Crippen molar-refractivity contribution in [3.63, 3.8) is 0 Å². The van der Waals surface area contributed by atoms with Crippen LogP contribution in [0, 0.1) is 0 Å². The zero-order valence-electron chi connectivity index (χ0n) is 17.4. The summed E-state index contributed by atoms with van der Waals surface area (Å²) in [5.74, 6) is 0. The minimum atomic E-state index is -0.172. The van der Waals surface area contributed by atoms with Crippen molar-refractivity contribution < 1.29 is 14.3 Å². The molecule has 7 heteroatoms. The molecular formula is C21H36N4O3. The number of fused-ring (bicyclic) bond motifs is 1. The van der Waals surface area contributed by atoms with Gasteiger partial charge in [0.05, 0.1) is 18.2 Å². The second-order valence-corrected chi connectivity index (χ2v) is 9.23. The number of likely N-dealkylation sites (tertiary alicyclic amines) is 2. The van der Waals surface area contributed by atoms with E-state index >= 15 is 0 Å². The molecule has 0 radical (unpaired) electrons. The fourth-order valence-corrected chi connectivity index (χ4v) is 5.65. The summed E-state index contributed by atoms with van der Waals surface area (Å²) in [7, 11) is 0. The van der Waals surface area contributed by atoms with E-state index in [9.17, 15) is 9.59 Å². The summed E-state index contributed by atoms with van der Waals surface area (Å²) >= 11 is 0. The molecule has 0 aromatic rings. The average Bonchev–Trinajstić information content (AvgIpc) is 3.03. The lowest BCUT2D eigenvalue weighted by atomic mass is 9.89. The van der Waals surface area contributed by atoms with Gasteiger partial charge < -0.3 is 24.8 Å². The number of piperidine rings is 2. The van der Waals surface area contributed by atoms with Crippen LogP contribution in [-0.4, -0.2) is 83.3 Å². The van der Waals surface area contributed by atoms with Crippen LogP contribution in [-0.2, 0) is 4.74 Å². The number of nitrogens with zero attached hydrogens (tertiary/aromatic N) is 3. The van der Waals surface area contributed by atoms with E-state index in [1.807, 2.05) is 18.7 Å². The molecule has 7 nitrogen and oxygen atoms in total. The van der Waals surface area contributed by atoms with Gasteiger partial charge in [-0.2, -0.15) is 0 Å². The third kappa shape index (κ3) is 4.09. The molecule has 3 heterocycles. The lowest BCUT2D eigenvalue weighted by molar-refractivity contribution is 0.0400. The maximum atomic E-state index is 12.6. The van der Waals surface area contributed by atoms with Crippen LogP contribution in [0.5, 0.6) is 0 Å². The Balaban J connectivity index is 1.25. The van der Waals surface area contributed by atoms with Gasteiger partial charge in [0.2, 0.25) is 0 Å². The minimum absolute atomic E-state index is 0.0594. The highest BCUT2D eigenvalue weighted by molar-refractivity contribution is 5.78. The maximum absolute atomic E-state index is 12.6. The second kappa shape index (κ2) is 8.47. The first kappa shape index (κ1) is 19.8. The van der Waals surface area contributed by atoms with Crippen LogP contribution in [0.25, 0.3) is 0 Å². The highest BCUT2D eigenvalue weighted by Gasteiger charge is 2.44. The molecule has 1 saturated carbocycles. The minimum Gasteiger partial charge on any atom is -0.447 e. The highest BCUT2D eigenvalue weighted by Crippen LogP contribution is 2.33. The Kier molecular flexibility index (Phi) is 5.99. The van der Waals surface area contributed by atoms with Gasteiger partial charge in [-0.05, 0) is 52.4 Å². The number of ether oxygens (including phenoxy) is 1. The number of rotatable bonds is 3. The molecule has 4 aliphatic rings. The smallest absolute Gasteiger partial charge is 0.410 e. The van der Waals surface area contributed by atoms with Gasteiger partial charge in [-0.25, -0.2) is 9.59 Å². The van der Waals surface area contributed by atoms with E-state index in [-0.39, 0.29) is 18.2 Å². The van der Waals surface area contributed by atoms with Gasteiger partial charge in [0.15, 0.2) is 0 Å². The predicted molar refractivity (Wildman–Crippen MR) is 107 cm³/mol. The quantitative estimate of drug-likeness (QED) is 0.802.